The first-order valence-corrected chi connectivity index (χ1v) is 7.58. The fraction of sp³-hybridized carbons (Fsp3) is 0.429. The van der Waals surface area contributed by atoms with Crippen molar-refractivity contribution in [3.8, 4) is 5.75 Å². The summed E-state index contributed by atoms with van der Waals surface area (Å²) in [5.74, 6) is 0.940. The van der Waals surface area contributed by atoms with Crippen LogP contribution in [-0.4, -0.2) is 43.6 Å². The molecule has 7 heteroatoms. The van der Waals surface area contributed by atoms with Crippen LogP contribution in [0.5, 0.6) is 5.75 Å². The number of nitrogens with two attached hydrogens (primary N) is 1. The molecule has 0 heterocycles. The molecule has 0 aliphatic heterocycles. The van der Waals surface area contributed by atoms with E-state index in [1.54, 1.807) is 19.2 Å². The topological polar surface area (TPSA) is 90.7 Å². The molecule has 0 spiro atoms. The van der Waals surface area contributed by atoms with Crippen molar-refractivity contribution < 1.29 is 19.1 Å². The molecule has 1 unspecified atom stereocenters. The summed E-state index contributed by atoms with van der Waals surface area (Å²) in [5.41, 5.74) is 6.24. The normalized spacial score (nSPS) is 11.6. The van der Waals surface area contributed by atoms with Gasteiger partial charge < -0.3 is 20.5 Å². The highest BCUT2D eigenvalue weighted by Crippen LogP contribution is 2.23. The highest BCUT2D eigenvalue weighted by molar-refractivity contribution is 7.99. The van der Waals surface area contributed by atoms with E-state index in [0.29, 0.717) is 23.6 Å². The van der Waals surface area contributed by atoms with E-state index in [1.807, 2.05) is 12.1 Å². The molecule has 0 radical (unpaired) electrons. The average Bonchev–Trinajstić information content (AvgIpc) is 2.51. The van der Waals surface area contributed by atoms with Gasteiger partial charge in [0.25, 0.3) is 0 Å². The summed E-state index contributed by atoms with van der Waals surface area (Å²) in [6.45, 7) is 0. The van der Waals surface area contributed by atoms with Gasteiger partial charge in [0.15, 0.2) is 0 Å². The molecule has 1 aromatic carbocycles. The maximum atomic E-state index is 11.8. The standard InChI is InChI=1S/C14H20N2O4S/c1-19-12-6-4-3-5-11(12)16-13(17)9-21-8-7-10(15)14(18)20-2/h3-6,10H,7-9,15H2,1-2H3,(H,16,17). The molecule has 0 aliphatic rings. The minimum Gasteiger partial charge on any atom is -0.495 e. The van der Waals surface area contributed by atoms with E-state index in [9.17, 15) is 9.59 Å². The van der Waals surface area contributed by atoms with E-state index >= 15 is 0 Å². The first-order valence-electron chi connectivity index (χ1n) is 6.42. The number of thioether (sulfide) groups is 1. The highest BCUT2D eigenvalue weighted by Gasteiger charge is 2.13. The zero-order valence-electron chi connectivity index (χ0n) is 12.1. The first-order chi connectivity index (χ1) is 10.1. The van der Waals surface area contributed by atoms with Crippen molar-refractivity contribution in [2.24, 2.45) is 5.73 Å². The summed E-state index contributed by atoms with van der Waals surface area (Å²) in [6, 6.07) is 6.56. The number of methoxy groups -OCH3 is 2. The third-order valence-corrected chi connectivity index (χ3v) is 3.68. The summed E-state index contributed by atoms with van der Waals surface area (Å²) in [4.78, 5) is 22.9. The molecule has 0 saturated carbocycles. The van der Waals surface area contributed by atoms with Gasteiger partial charge in [0.05, 0.1) is 25.7 Å². The van der Waals surface area contributed by atoms with E-state index in [1.165, 1.54) is 18.9 Å². The number of carbonyl (C=O) groups is 2. The molecule has 3 N–H and O–H groups in total. The Labute approximate surface area is 128 Å². The number of amides is 1. The second-order valence-electron chi connectivity index (χ2n) is 4.22. The van der Waals surface area contributed by atoms with Crippen LogP contribution in [0.15, 0.2) is 24.3 Å². The Kier molecular flexibility index (Phi) is 7.63. The monoisotopic (exact) mass is 312 g/mol. The highest BCUT2D eigenvalue weighted by atomic mass is 32.2. The summed E-state index contributed by atoms with van der Waals surface area (Å²) in [7, 11) is 2.85. The Balaban J connectivity index is 2.30. The molecule has 1 atom stereocenters. The molecule has 6 nitrogen and oxygen atoms in total. The molecular weight excluding hydrogens is 292 g/mol. The third-order valence-electron chi connectivity index (χ3n) is 2.69. The fourth-order valence-electron chi connectivity index (χ4n) is 1.58. The maximum Gasteiger partial charge on any atom is 0.322 e. The Hall–Kier alpha value is -1.73. The van der Waals surface area contributed by atoms with Crippen molar-refractivity contribution in [2.45, 2.75) is 12.5 Å². The van der Waals surface area contributed by atoms with E-state index in [4.69, 9.17) is 10.5 Å². The number of ether oxygens (including phenoxy) is 2. The van der Waals surface area contributed by atoms with Crippen LogP contribution in [0.2, 0.25) is 0 Å². The smallest absolute Gasteiger partial charge is 0.322 e. The number of carbonyl (C=O) groups excluding carboxylic acids is 2. The largest absolute Gasteiger partial charge is 0.495 e. The number of rotatable bonds is 8. The second kappa shape index (κ2) is 9.25. The van der Waals surface area contributed by atoms with Crippen molar-refractivity contribution >= 4 is 29.3 Å². The Morgan fingerprint density at radius 3 is 2.71 bits per heavy atom. The van der Waals surface area contributed by atoms with Crippen LogP contribution in [0, 0.1) is 0 Å². The summed E-state index contributed by atoms with van der Waals surface area (Å²) in [5, 5.41) is 2.78. The van der Waals surface area contributed by atoms with Crippen LogP contribution in [0.25, 0.3) is 0 Å². The van der Waals surface area contributed by atoms with Gasteiger partial charge in [0.1, 0.15) is 11.8 Å². The number of esters is 1. The van der Waals surface area contributed by atoms with Crippen molar-refractivity contribution in [2.75, 3.05) is 31.0 Å². The van der Waals surface area contributed by atoms with Gasteiger partial charge in [-0.3, -0.25) is 9.59 Å². The van der Waals surface area contributed by atoms with Gasteiger partial charge in [0.2, 0.25) is 5.91 Å². The van der Waals surface area contributed by atoms with Crippen LogP contribution in [-0.2, 0) is 14.3 Å². The van der Waals surface area contributed by atoms with Gasteiger partial charge in [-0.2, -0.15) is 11.8 Å². The zero-order chi connectivity index (χ0) is 15.7. The molecule has 0 fully saturated rings. The zero-order valence-corrected chi connectivity index (χ0v) is 12.9. The number of anilines is 1. The van der Waals surface area contributed by atoms with E-state index < -0.39 is 12.0 Å². The Morgan fingerprint density at radius 1 is 1.33 bits per heavy atom. The molecule has 1 rings (SSSR count). The molecule has 1 amide bonds. The Morgan fingerprint density at radius 2 is 2.05 bits per heavy atom. The lowest BCUT2D eigenvalue weighted by Gasteiger charge is -2.10. The number of hydrogen-bond donors (Lipinski definition) is 2. The van der Waals surface area contributed by atoms with Crippen molar-refractivity contribution in [3.63, 3.8) is 0 Å². The molecule has 0 saturated heterocycles. The number of benzene rings is 1. The summed E-state index contributed by atoms with van der Waals surface area (Å²) in [6.07, 6.45) is 0.472. The van der Waals surface area contributed by atoms with E-state index in [0.717, 1.165) is 0 Å². The number of hydrogen-bond acceptors (Lipinski definition) is 6. The molecule has 0 bridgehead atoms. The minimum atomic E-state index is -0.639. The van der Waals surface area contributed by atoms with E-state index in [2.05, 4.69) is 10.1 Å². The first kappa shape index (κ1) is 17.3. The maximum absolute atomic E-state index is 11.8. The lowest BCUT2D eigenvalue weighted by molar-refractivity contribution is -0.142. The molecule has 116 valence electrons. The van der Waals surface area contributed by atoms with Crippen LogP contribution in [0.3, 0.4) is 0 Å². The van der Waals surface area contributed by atoms with Gasteiger partial charge in [0, 0.05) is 0 Å². The molecule has 1 aromatic rings. The third kappa shape index (κ3) is 6.05. The van der Waals surface area contributed by atoms with Crippen LogP contribution >= 0.6 is 11.8 Å². The Bertz CT molecular complexity index is 482. The van der Waals surface area contributed by atoms with Crippen LogP contribution in [0.1, 0.15) is 6.42 Å². The molecule has 0 aliphatic carbocycles. The minimum absolute atomic E-state index is 0.129. The molecular formula is C14H20N2O4S. The predicted molar refractivity (Wildman–Crippen MR) is 83.6 cm³/mol. The van der Waals surface area contributed by atoms with E-state index in [-0.39, 0.29) is 11.7 Å². The van der Waals surface area contributed by atoms with Gasteiger partial charge in [-0.25, -0.2) is 0 Å². The van der Waals surface area contributed by atoms with Crippen molar-refractivity contribution in [3.05, 3.63) is 24.3 Å². The number of para-hydroxylation sites is 2. The fourth-order valence-corrected chi connectivity index (χ4v) is 2.40. The SMILES string of the molecule is COC(=O)C(N)CCSCC(=O)Nc1ccccc1OC. The average molecular weight is 312 g/mol. The van der Waals surface area contributed by atoms with Crippen molar-refractivity contribution in [1.82, 2.24) is 0 Å². The van der Waals surface area contributed by atoms with Crippen LogP contribution < -0.4 is 15.8 Å². The lowest BCUT2D eigenvalue weighted by Crippen LogP contribution is -2.32. The summed E-state index contributed by atoms with van der Waals surface area (Å²) < 4.78 is 9.68. The van der Waals surface area contributed by atoms with Crippen molar-refractivity contribution in [1.29, 1.82) is 0 Å². The van der Waals surface area contributed by atoms with Gasteiger partial charge >= 0.3 is 5.97 Å². The van der Waals surface area contributed by atoms with Gasteiger partial charge in [-0.15, -0.1) is 0 Å². The molecule has 21 heavy (non-hydrogen) atoms. The quantitative estimate of drug-likeness (QED) is 0.555. The molecule has 0 aromatic heterocycles. The second-order valence-corrected chi connectivity index (χ2v) is 5.32. The van der Waals surface area contributed by atoms with Gasteiger partial charge in [-0.1, -0.05) is 12.1 Å². The lowest BCUT2D eigenvalue weighted by atomic mass is 10.2. The van der Waals surface area contributed by atoms with Gasteiger partial charge in [-0.05, 0) is 24.3 Å². The summed E-state index contributed by atoms with van der Waals surface area (Å²) >= 11 is 1.41. The van der Waals surface area contributed by atoms with Crippen LogP contribution in [0.4, 0.5) is 5.69 Å². The predicted octanol–water partition coefficient (Wildman–Crippen LogP) is 1.26. The number of nitrogens with one attached hydrogen (secondary N) is 1.